The third-order valence-corrected chi connectivity index (χ3v) is 4.73. The molecule has 0 bridgehead atoms. The second kappa shape index (κ2) is 8.72. The van der Waals surface area contributed by atoms with Gasteiger partial charge in [-0.1, -0.05) is 25.2 Å². The third kappa shape index (κ3) is 5.36. The number of aromatic nitrogens is 4. The first-order chi connectivity index (χ1) is 11.9. The molecule has 8 heteroatoms. The van der Waals surface area contributed by atoms with Crippen LogP contribution in [0.15, 0.2) is 0 Å². The van der Waals surface area contributed by atoms with E-state index in [1.54, 1.807) is 0 Å². The van der Waals surface area contributed by atoms with Crippen LogP contribution < -0.4 is 5.32 Å². The molecule has 2 aromatic heterocycles. The number of amides is 1. The Morgan fingerprint density at radius 2 is 2.12 bits per heavy atom. The number of rotatable bonds is 8. The van der Waals surface area contributed by atoms with E-state index in [0.717, 1.165) is 28.4 Å². The monoisotopic (exact) mass is 360 g/mol. The smallest absolute Gasteiger partial charge is 0.226 e. The number of nitrogens with one attached hydrogen (secondary N) is 1. The number of nitriles is 1. The van der Waals surface area contributed by atoms with Crippen LogP contribution in [0.2, 0.25) is 0 Å². The topological polar surface area (TPSA) is 96.5 Å². The fourth-order valence-electron chi connectivity index (χ4n) is 2.63. The molecular formula is C17H24N6OS. The summed E-state index contributed by atoms with van der Waals surface area (Å²) in [6.07, 6.45) is 2.28. The molecule has 1 N–H and O–H groups in total. The van der Waals surface area contributed by atoms with Crippen molar-refractivity contribution in [3.05, 3.63) is 22.0 Å². The normalized spacial score (nSPS) is 10.9. The lowest BCUT2D eigenvalue weighted by molar-refractivity contribution is -0.116. The molecule has 2 aromatic rings. The van der Waals surface area contributed by atoms with Gasteiger partial charge in [0, 0.05) is 18.5 Å². The van der Waals surface area contributed by atoms with E-state index in [1.807, 2.05) is 18.5 Å². The van der Waals surface area contributed by atoms with Gasteiger partial charge in [0.05, 0.1) is 24.7 Å². The van der Waals surface area contributed by atoms with E-state index in [-0.39, 0.29) is 5.91 Å². The molecule has 0 unspecified atom stereocenters. The van der Waals surface area contributed by atoms with Crippen LogP contribution in [-0.2, 0) is 24.2 Å². The Labute approximate surface area is 152 Å². The van der Waals surface area contributed by atoms with Crippen molar-refractivity contribution in [2.75, 3.05) is 5.32 Å². The highest BCUT2D eigenvalue weighted by Crippen LogP contribution is 2.19. The Balaban J connectivity index is 1.91. The Morgan fingerprint density at radius 3 is 2.80 bits per heavy atom. The van der Waals surface area contributed by atoms with Gasteiger partial charge >= 0.3 is 0 Å². The summed E-state index contributed by atoms with van der Waals surface area (Å²) >= 11 is 1.43. The molecule has 2 rings (SSSR count). The minimum Gasteiger partial charge on any atom is -0.301 e. The highest BCUT2D eigenvalue weighted by Gasteiger charge is 2.14. The lowest BCUT2D eigenvalue weighted by atomic mass is 10.1. The molecule has 2 heterocycles. The molecule has 0 aliphatic rings. The van der Waals surface area contributed by atoms with Crippen LogP contribution >= 0.6 is 11.3 Å². The Kier molecular flexibility index (Phi) is 6.65. The van der Waals surface area contributed by atoms with Crippen molar-refractivity contribution in [3.63, 3.8) is 0 Å². The summed E-state index contributed by atoms with van der Waals surface area (Å²) in [6, 6.07) is 2.13. The molecule has 0 saturated heterocycles. The van der Waals surface area contributed by atoms with Crippen molar-refractivity contribution in [2.24, 2.45) is 5.92 Å². The Morgan fingerprint density at radius 1 is 1.36 bits per heavy atom. The number of carbonyl (C=O) groups excluding carboxylic acids is 1. The van der Waals surface area contributed by atoms with Crippen LogP contribution in [0.3, 0.4) is 0 Å². The van der Waals surface area contributed by atoms with E-state index in [4.69, 9.17) is 5.26 Å². The second-order valence-corrected chi connectivity index (χ2v) is 7.49. The summed E-state index contributed by atoms with van der Waals surface area (Å²) in [5, 5.41) is 25.6. The first kappa shape index (κ1) is 19.1. The predicted molar refractivity (Wildman–Crippen MR) is 97.3 cm³/mol. The molecule has 0 saturated carbocycles. The van der Waals surface area contributed by atoms with Gasteiger partial charge in [0.25, 0.3) is 0 Å². The van der Waals surface area contributed by atoms with Crippen molar-refractivity contribution in [1.29, 1.82) is 5.26 Å². The highest BCUT2D eigenvalue weighted by molar-refractivity contribution is 7.15. The van der Waals surface area contributed by atoms with Crippen LogP contribution in [0.1, 0.15) is 48.6 Å². The Hall–Kier alpha value is -2.27. The Bertz CT molecular complexity index is 771. The van der Waals surface area contributed by atoms with Crippen LogP contribution in [0.25, 0.3) is 0 Å². The van der Waals surface area contributed by atoms with E-state index >= 15 is 0 Å². The van der Waals surface area contributed by atoms with Crippen LogP contribution in [0.4, 0.5) is 5.13 Å². The average molecular weight is 360 g/mol. The summed E-state index contributed by atoms with van der Waals surface area (Å²) in [7, 11) is 0. The molecule has 1 amide bonds. The van der Waals surface area contributed by atoms with Crippen molar-refractivity contribution in [1.82, 2.24) is 20.0 Å². The quantitative estimate of drug-likeness (QED) is 0.780. The summed E-state index contributed by atoms with van der Waals surface area (Å²) in [4.78, 5) is 12.2. The number of nitrogens with zero attached hydrogens (tertiary/aromatic N) is 5. The summed E-state index contributed by atoms with van der Waals surface area (Å²) in [6.45, 7) is 8.75. The van der Waals surface area contributed by atoms with E-state index in [0.29, 0.717) is 36.9 Å². The zero-order valence-electron chi connectivity index (χ0n) is 15.2. The molecule has 0 radical (unpaired) electrons. The van der Waals surface area contributed by atoms with E-state index in [2.05, 4.69) is 40.5 Å². The van der Waals surface area contributed by atoms with Gasteiger partial charge in [-0.3, -0.25) is 9.48 Å². The maximum absolute atomic E-state index is 12.2. The van der Waals surface area contributed by atoms with Crippen molar-refractivity contribution in [2.45, 2.75) is 59.9 Å². The van der Waals surface area contributed by atoms with Gasteiger partial charge in [-0.25, -0.2) is 0 Å². The molecule has 25 heavy (non-hydrogen) atoms. The average Bonchev–Trinajstić information content (AvgIpc) is 3.07. The largest absolute Gasteiger partial charge is 0.301 e. The SMILES string of the molecule is Cc1nn(CCC#N)c(C)c1CCC(=O)Nc1nnc(CC(C)C)s1. The highest BCUT2D eigenvalue weighted by atomic mass is 32.1. The molecule has 0 spiro atoms. The molecular weight excluding hydrogens is 336 g/mol. The molecule has 7 nitrogen and oxygen atoms in total. The molecule has 0 fully saturated rings. The number of hydrogen-bond acceptors (Lipinski definition) is 6. The number of aryl methyl sites for hydroxylation is 2. The summed E-state index contributed by atoms with van der Waals surface area (Å²) in [5.74, 6) is 0.441. The molecule has 0 aromatic carbocycles. The van der Waals surface area contributed by atoms with Gasteiger partial charge in [0.2, 0.25) is 11.0 Å². The van der Waals surface area contributed by atoms with Crippen molar-refractivity contribution in [3.8, 4) is 6.07 Å². The lowest BCUT2D eigenvalue weighted by Crippen LogP contribution is -2.12. The summed E-state index contributed by atoms with van der Waals surface area (Å²) < 4.78 is 1.84. The minimum absolute atomic E-state index is 0.0733. The van der Waals surface area contributed by atoms with Gasteiger partial charge < -0.3 is 5.32 Å². The molecule has 0 aliphatic carbocycles. The molecule has 0 atom stereocenters. The molecule has 134 valence electrons. The lowest BCUT2D eigenvalue weighted by Gasteiger charge is -2.04. The standard InChI is InChI=1S/C17H24N6OS/c1-11(2)10-16-20-21-17(25-16)19-15(24)7-6-14-12(3)22-23(13(14)4)9-5-8-18/h11H,5-7,9-10H2,1-4H3,(H,19,21,24). The van der Waals surface area contributed by atoms with Gasteiger partial charge in [-0.2, -0.15) is 10.4 Å². The van der Waals surface area contributed by atoms with Crippen LogP contribution in [0, 0.1) is 31.1 Å². The fourth-order valence-corrected chi connectivity index (χ4v) is 3.59. The van der Waals surface area contributed by atoms with E-state index < -0.39 is 0 Å². The predicted octanol–water partition coefficient (Wildman–Crippen LogP) is 3.03. The summed E-state index contributed by atoms with van der Waals surface area (Å²) in [5.41, 5.74) is 3.01. The van der Waals surface area contributed by atoms with Crippen LogP contribution in [-0.4, -0.2) is 25.9 Å². The number of carbonyl (C=O) groups is 1. The fraction of sp³-hybridized carbons (Fsp3) is 0.588. The van der Waals surface area contributed by atoms with Crippen LogP contribution in [0.5, 0.6) is 0 Å². The van der Waals surface area contributed by atoms with Gasteiger partial charge in [-0.05, 0) is 31.7 Å². The van der Waals surface area contributed by atoms with Gasteiger partial charge in [0.15, 0.2) is 0 Å². The number of hydrogen-bond donors (Lipinski definition) is 1. The van der Waals surface area contributed by atoms with Crippen molar-refractivity contribution >= 4 is 22.4 Å². The maximum atomic E-state index is 12.2. The van der Waals surface area contributed by atoms with E-state index in [1.165, 1.54) is 11.3 Å². The van der Waals surface area contributed by atoms with Crippen molar-refractivity contribution < 1.29 is 4.79 Å². The molecule has 0 aliphatic heterocycles. The van der Waals surface area contributed by atoms with E-state index in [9.17, 15) is 4.79 Å². The van der Waals surface area contributed by atoms with Gasteiger partial charge in [0.1, 0.15) is 5.01 Å². The first-order valence-electron chi connectivity index (χ1n) is 8.42. The first-order valence-corrected chi connectivity index (χ1v) is 9.24. The maximum Gasteiger partial charge on any atom is 0.226 e. The second-order valence-electron chi connectivity index (χ2n) is 6.43. The zero-order valence-corrected chi connectivity index (χ0v) is 16.0. The minimum atomic E-state index is -0.0733. The zero-order chi connectivity index (χ0) is 18.4. The van der Waals surface area contributed by atoms with Gasteiger partial charge in [-0.15, -0.1) is 10.2 Å². The third-order valence-electron chi connectivity index (χ3n) is 3.86. The number of anilines is 1.